The van der Waals surface area contributed by atoms with E-state index in [1.54, 1.807) is 6.92 Å². The molecule has 1 aromatic rings. The summed E-state index contributed by atoms with van der Waals surface area (Å²) < 4.78 is 0. The summed E-state index contributed by atoms with van der Waals surface area (Å²) in [6.07, 6.45) is 0.493. The van der Waals surface area contributed by atoms with Gasteiger partial charge in [0, 0.05) is 5.69 Å². The summed E-state index contributed by atoms with van der Waals surface area (Å²) in [6.45, 7) is 3.24. The van der Waals surface area contributed by atoms with Crippen LogP contribution in [0.4, 0.5) is 5.69 Å². The van der Waals surface area contributed by atoms with E-state index in [2.05, 4.69) is 0 Å². The molecule has 0 aliphatic carbocycles. The number of hydrogen-bond acceptors (Lipinski definition) is 3. The van der Waals surface area contributed by atoms with Crippen LogP contribution in [0, 0.1) is 6.92 Å². The van der Waals surface area contributed by atoms with Crippen LogP contribution in [0.25, 0.3) is 0 Å². The Bertz CT molecular complexity index is 466. The van der Waals surface area contributed by atoms with Crippen molar-refractivity contribution < 1.29 is 19.8 Å². The number of hydrogen-bond donors (Lipinski definition) is 3. The Morgan fingerprint density at radius 1 is 1.31 bits per heavy atom. The lowest BCUT2D eigenvalue weighted by Crippen LogP contribution is -2.12. The minimum absolute atomic E-state index is 0.0107. The summed E-state index contributed by atoms with van der Waals surface area (Å²) in [5.74, 6) is -2.34. The van der Waals surface area contributed by atoms with Gasteiger partial charge in [0.15, 0.2) is 0 Å². The van der Waals surface area contributed by atoms with Crippen molar-refractivity contribution in [1.29, 1.82) is 0 Å². The maximum Gasteiger partial charge on any atom is 0.338 e. The Hall–Kier alpha value is -2.04. The molecule has 0 unspecified atom stereocenters. The second kappa shape index (κ2) is 4.22. The minimum Gasteiger partial charge on any atom is -0.478 e. The topological polar surface area (TPSA) is 101 Å². The van der Waals surface area contributed by atoms with Gasteiger partial charge in [-0.25, -0.2) is 9.59 Å². The van der Waals surface area contributed by atoms with Crippen LogP contribution in [-0.4, -0.2) is 22.2 Å². The molecule has 0 fully saturated rings. The summed E-state index contributed by atoms with van der Waals surface area (Å²) in [5, 5.41) is 17.9. The zero-order chi connectivity index (χ0) is 12.5. The van der Waals surface area contributed by atoms with E-state index in [0.717, 1.165) is 0 Å². The number of carboxylic acids is 2. The third-order valence-corrected chi connectivity index (χ3v) is 2.54. The summed E-state index contributed by atoms with van der Waals surface area (Å²) in [4.78, 5) is 22.0. The summed E-state index contributed by atoms with van der Waals surface area (Å²) in [6, 6.07) is 1.43. The van der Waals surface area contributed by atoms with E-state index in [1.165, 1.54) is 13.0 Å². The van der Waals surface area contributed by atoms with E-state index in [1.807, 2.05) is 0 Å². The smallest absolute Gasteiger partial charge is 0.338 e. The molecule has 5 nitrogen and oxygen atoms in total. The van der Waals surface area contributed by atoms with E-state index in [4.69, 9.17) is 15.9 Å². The quantitative estimate of drug-likeness (QED) is 0.674. The molecule has 0 spiro atoms. The third-order valence-electron chi connectivity index (χ3n) is 2.54. The Labute approximate surface area is 92.5 Å². The first-order chi connectivity index (χ1) is 7.40. The Kier molecular flexibility index (Phi) is 3.17. The number of aryl methyl sites for hydroxylation is 1. The largest absolute Gasteiger partial charge is 0.478 e. The van der Waals surface area contributed by atoms with Gasteiger partial charge in [0.05, 0.1) is 11.1 Å². The second-order valence-electron chi connectivity index (χ2n) is 3.46. The number of nitrogen functional groups attached to an aromatic ring is 1. The fraction of sp³-hybridized carbons (Fsp3) is 0.273. The van der Waals surface area contributed by atoms with E-state index in [-0.39, 0.29) is 22.4 Å². The number of carboxylic acid groups (broad SMARTS) is 2. The molecule has 0 amide bonds. The highest BCUT2D eigenvalue weighted by Crippen LogP contribution is 2.25. The molecule has 0 aliphatic rings. The number of carbonyl (C=O) groups is 2. The van der Waals surface area contributed by atoms with Crippen molar-refractivity contribution in [1.82, 2.24) is 0 Å². The standard InChI is InChI=1S/C11H13NO4/c1-3-6-4-7(10(13)14)5(2)8(9(6)12)11(15)16/h4H,3,12H2,1-2H3,(H,13,14)(H,15,16). The second-order valence-corrected chi connectivity index (χ2v) is 3.46. The molecule has 86 valence electrons. The Balaban J connectivity index is 3.64. The molecule has 0 saturated carbocycles. The summed E-state index contributed by atoms with van der Waals surface area (Å²) in [5.41, 5.74) is 6.45. The van der Waals surface area contributed by atoms with Gasteiger partial charge in [-0.1, -0.05) is 6.92 Å². The van der Waals surface area contributed by atoms with Crippen molar-refractivity contribution in [2.24, 2.45) is 0 Å². The number of rotatable bonds is 3. The molecule has 0 bridgehead atoms. The maximum absolute atomic E-state index is 11.0. The van der Waals surface area contributed by atoms with Gasteiger partial charge in [-0.3, -0.25) is 0 Å². The first kappa shape index (κ1) is 12.0. The first-order valence-corrected chi connectivity index (χ1v) is 4.78. The van der Waals surface area contributed by atoms with Gasteiger partial charge < -0.3 is 15.9 Å². The van der Waals surface area contributed by atoms with Crippen LogP contribution in [0.5, 0.6) is 0 Å². The van der Waals surface area contributed by atoms with Crippen LogP contribution >= 0.6 is 0 Å². The lowest BCUT2D eigenvalue weighted by atomic mass is 9.95. The van der Waals surface area contributed by atoms with Crippen LogP contribution in [0.1, 0.15) is 38.8 Å². The van der Waals surface area contributed by atoms with Gasteiger partial charge >= 0.3 is 11.9 Å². The average Bonchev–Trinajstić information content (AvgIpc) is 2.16. The highest BCUT2D eigenvalue weighted by molar-refractivity contribution is 6.01. The molecule has 0 saturated heterocycles. The van der Waals surface area contributed by atoms with Crippen LogP contribution in [0.3, 0.4) is 0 Å². The zero-order valence-electron chi connectivity index (χ0n) is 9.07. The van der Waals surface area contributed by atoms with Crippen LogP contribution in [0.2, 0.25) is 0 Å². The average molecular weight is 223 g/mol. The highest BCUT2D eigenvalue weighted by atomic mass is 16.4. The predicted octanol–water partition coefficient (Wildman–Crippen LogP) is 1.54. The minimum atomic E-state index is -1.20. The van der Waals surface area contributed by atoms with Crippen molar-refractivity contribution in [3.05, 3.63) is 28.3 Å². The SMILES string of the molecule is CCc1cc(C(=O)O)c(C)c(C(=O)O)c1N. The van der Waals surface area contributed by atoms with Gasteiger partial charge in [0.25, 0.3) is 0 Å². The van der Waals surface area contributed by atoms with Crippen LogP contribution < -0.4 is 5.73 Å². The van der Waals surface area contributed by atoms with Gasteiger partial charge in [-0.05, 0) is 30.5 Å². The number of anilines is 1. The van der Waals surface area contributed by atoms with Gasteiger partial charge in [0.2, 0.25) is 0 Å². The van der Waals surface area contributed by atoms with Crippen molar-refractivity contribution in [2.45, 2.75) is 20.3 Å². The fourth-order valence-electron chi connectivity index (χ4n) is 1.65. The molecule has 16 heavy (non-hydrogen) atoms. The van der Waals surface area contributed by atoms with E-state index in [9.17, 15) is 9.59 Å². The molecule has 0 aliphatic heterocycles. The van der Waals surface area contributed by atoms with Crippen LogP contribution in [-0.2, 0) is 6.42 Å². The predicted molar refractivity (Wildman–Crippen MR) is 58.9 cm³/mol. The van der Waals surface area contributed by atoms with Crippen LogP contribution in [0.15, 0.2) is 6.07 Å². The van der Waals surface area contributed by atoms with Gasteiger partial charge in [-0.15, -0.1) is 0 Å². The fourth-order valence-corrected chi connectivity index (χ4v) is 1.65. The zero-order valence-corrected chi connectivity index (χ0v) is 9.07. The molecule has 5 heteroatoms. The molecular weight excluding hydrogens is 210 g/mol. The van der Waals surface area contributed by atoms with Crippen molar-refractivity contribution in [3.8, 4) is 0 Å². The monoisotopic (exact) mass is 223 g/mol. The number of aromatic carboxylic acids is 2. The molecule has 1 aromatic carbocycles. The van der Waals surface area contributed by atoms with Gasteiger partial charge in [-0.2, -0.15) is 0 Å². The van der Waals surface area contributed by atoms with E-state index >= 15 is 0 Å². The Morgan fingerprint density at radius 2 is 1.88 bits per heavy atom. The van der Waals surface area contributed by atoms with E-state index < -0.39 is 11.9 Å². The number of benzene rings is 1. The van der Waals surface area contributed by atoms with Crippen molar-refractivity contribution in [3.63, 3.8) is 0 Å². The number of nitrogens with two attached hydrogens (primary N) is 1. The molecule has 0 aromatic heterocycles. The third kappa shape index (κ3) is 1.84. The molecule has 0 atom stereocenters. The first-order valence-electron chi connectivity index (χ1n) is 4.78. The molecule has 0 radical (unpaired) electrons. The molecule has 4 N–H and O–H groups in total. The van der Waals surface area contributed by atoms with Crippen molar-refractivity contribution in [2.75, 3.05) is 5.73 Å². The van der Waals surface area contributed by atoms with E-state index in [0.29, 0.717) is 12.0 Å². The lowest BCUT2D eigenvalue weighted by molar-refractivity contribution is 0.0696. The van der Waals surface area contributed by atoms with Crippen molar-refractivity contribution >= 4 is 17.6 Å². The normalized spacial score (nSPS) is 10.1. The molecule has 1 rings (SSSR count). The maximum atomic E-state index is 11.0. The highest BCUT2D eigenvalue weighted by Gasteiger charge is 2.20. The van der Waals surface area contributed by atoms with Gasteiger partial charge in [0.1, 0.15) is 0 Å². The molecule has 0 heterocycles. The Morgan fingerprint density at radius 3 is 2.25 bits per heavy atom. The lowest BCUT2D eigenvalue weighted by Gasteiger charge is -2.12. The summed E-state index contributed by atoms with van der Waals surface area (Å²) >= 11 is 0. The molecular formula is C11H13NO4. The summed E-state index contributed by atoms with van der Waals surface area (Å²) in [7, 11) is 0.